The molecule has 0 fully saturated rings. The molecule has 206 valence electrons. The van der Waals surface area contributed by atoms with Crippen molar-refractivity contribution in [2.45, 2.75) is 0 Å². The first-order chi connectivity index (χ1) is 28.5. The van der Waals surface area contributed by atoms with Crippen LogP contribution in [0.15, 0.2) is 169 Å². The van der Waals surface area contributed by atoms with Gasteiger partial charge in [-0.3, -0.25) is 0 Å². The second-order valence-corrected chi connectivity index (χ2v) is 10.2. The van der Waals surface area contributed by atoms with Gasteiger partial charge in [0.15, 0.2) is 0 Å². The molecule has 2 heterocycles. The van der Waals surface area contributed by atoms with Crippen molar-refractivity contribution in [3.8, 4) is 33.6 Å². The van der Waals surface area contributed by atoms with E-state index in [0.717, 1.165) is 15.3 Å². The van der Waals surface area contributed by atoms with Gasteiger partial charge < -0.3 is 9.13 Å². The molecule has 44 heavy (non-hydrogen) atoms. The molecule has 9 rings (SSSR count). The lowest BCUT2D eigenvalue weighted by molar-refractivity contribution is 1.17. The summed E-state index contributed by atoms with van der Waals surface area (Å²) in [6.45, 7) is 0. The highest BCUT2D eigenvalue weighted by Crippen LogP contribution is 2.37. The Kier molecular flexibility index (Phi) is 3.05. The number of rotatable bonds is 4. The third kappa shape index (κ3) is 3.82. The third-order valence-electron chi connectivity index (χ3n) is 7.72. The molecule has 0 bridgehead atoms. The lowest BCUT2D eigenvalue weighted by Crippen LogP contribution is -1.96. The van der Waals surface area contributed by atoms with Crippen molar-refractivity contribution in [2.24, 2.45) is 0 Å². The minimum Gasteiger partial charge on any atom is -0.309 e. The summed E-state index contributed by atoms with van der Waals surface area (Å²) in [5, 5.41) is 1.26. The maximum absolute atomic E-state index is 9.78. The van der Waals surface area contributed by atoms with Gasteiger partial charge in [0.2, 0.25) is 0 Å². The topological polar surface area (TPSA) is 9.86 Å². The summed E-state index contributed by atoms with van der Waals surface area (Å²) in [7, 11) is 0. The summed E-state index contributed by atoms with van der Waals surface area (Å²) in [6, 6.07) is 11.4. The van der Waals surface area contributed by atoms with Gasteiger partial charge in [-0.15, -0.1) is 0 Å². The lowest BCUT2D eigenvalue weighted by Gasteiger charge is -2.12. The maximum Gasteiger partial charge on any atom is 0.0652 e. The summed E-state index contributed by atoms with van der Waals surface area (Å²) in [6.07, 6.45) is 0. The van der Waals surface area contributed by atoms with E-state index in [1.807, 2.05) is 36.4 Å². The van der Waals surface area contributed by atoms with E-state index in [2.05, 4.69) is 0 Å². The molecule has 2 aromatic heterocycles. The Morgan fingerprint density at radius 3 is 1.77 bits per heavy atom. The Balaban J connectivity index is 1.42. The van der Waals surface area contributed by atoms with Crippen LogP contribution in [0, 0.1) is 0 Å². The molecular formula is C42H28N2. The Hall–Kier alpha value is -5.86. The van der Waals surface area contributed by atoms with Gasteiger partial charge in [0, 0.05) is 32.9 Å². The van der Waals surface area contributed by atoms with E-state index >= 15 is 0 Å². The van der Waals surface area contributed by atoms with Gasteiger partial charge in [0.25, 0.3) is 0 Å². The van der Waals surface area contributed by atoms with E-state index in [-0.39, 0.29) is 55.8 Å². The summed E-state index contributed by atoms with van der Waals surface area (Å²) in [5.74, 6) is 0. The monoisotopic (exact) mass is 576 g/mol. The Bertz CT molecular complexity index is 3320. The van der Waals surface area contributed by atoms with E-state index in [0.29, 0.717) is 11.0 Å². The van der Waals surface area contributed by atoms with Crippen molar-refractivity contribution in [3.63, 3.8) is 0 Å². The second kappa shape index (κ2) is 9.86. The van der Waals surface area contributed by atoms with E-state index in [1.165, 1.54) is 24.3 Å². The fourth-order valence-corrected chi connectivity index (χ4v) is 5.82. The van der Waals surface area contributed by atoms with Crippen molar-refractivity contribution in [1.82, 2.24) is 9.13 Å². The van der Waals surface area contributed by atoms with Crippen molar-refractivity contribution < 1.29 is 21.9 Å². The van der Waals surface area contributed by atoms with Crippen LogP contribution < -0.4 is 0 Å². The van der Waals surface area contributed by atoms with E-state index in [9.17, 15) is 6.85 Å². The van der Waals surface area contributed by atoms with Gasteiger partial charge in [-0.25, -0.2) is 0 Å². The van der Waals surface area contributed by atoms with Crippen LogP contribution in [0.1, 0.15) is 21.9 Å². The number of para-hydroxylation sites is 3. The minimum atomic E-state index is -0.703. The predicted molar refractivity (Wildman–Crippen MR) is 186 cm³/mol. The molecule has 0 aliphatic carbocycles. The van der Waals surface area contributed by atoms with Gasteiger partial charge >= 0.3 is 0 Å². The first kappa shape index (κ1) is 13.6. The molecule has 0 saturated heterocycles. The molecule has 0 spiro atoms. The van der Waals surface area contributed by atoms with Crippen LogP contribution in [0.4, 0.5) is 0 Å². The zero-order valence-electron chi connectivity index (χ0n) is 38.8. The minimum absolute atomic E-state index is 0.0404. The Morgan fingerprint density at radius 1 is 0.364 bits per heavy atom. The van der Waals surface area contributed by atoms with Gasteiger partial charge in [-0.05, 0) is 76.7 Å². The molecule has 0 aliphatic heterocycles. The molecule has 0 unspecified atom stereocenters. The van der Waals surface area contributed by atoms with Gasteiger partial charge in [0.05, 0.1) is 44.0 Å². The van der Waals surface area contributed by atoms with Crippen molar-refractivity contribution in [1.29, 1.82) is 0 Å². The second-order valence-electron chi connectivity index (χ2n) is 10.2. The molecule has 9 aromatic rings. The molecule has 0 atom stereocenters. The number of hydrogen-bond donors (Lipinski definition) is 0. The zero-order chi connectivity index (χ0) is 43.0. The van der Waals surface area contributed by atoms with Crippen LogP contribution in [-0.4, -0.2) is 9.13 Å². The van der Waals surface area contributed by atoms with Gasteiger partial charge in [-0.1, -0.05) is 115 Å². The zero-order valence-corrected chi connectivity index (χ0v) is 22.8. The molecule has 7 aromatic carbocycles. The summed E-state index contributed by atoms with van der Waals surface area (Å²) < 4.78 is 145. The SMILES string of the molecule is [2H]c1c([2H])c([2H])c(-c2cccc(-c3c([2H])c([2H])c([2H])c(-n4c5c([2H])c([2H])c([2H])c([2H])c5c5c([2H])c(-n6c7ccccc7c7ccccc76)c([2H])c([2H])c54)c3[2H])c2)c([2H])c1[2H]. The smallest absolute Gasteiger partial charge is 0.0652 e. The molecule has 2 heteroatoms. The quantitative estimate of drug-likeness (QED) is 0.197. The normalized spacial score (nSPS) is 16.7. The summed E-state index contributed by atoms with van der Waals surface area (Å²) in [4.78, 5) is 0. The number of nitrogens with zero attached hydrogens (tertiary/aromatic N) is 2. The van der Waals surface area contributed by atoms with Crippen LogP contribution in [0.25, 0.3) is 77.2 Å². The van der Waals surface area contributed by atoms with Crippen LogP contribution in [0.2, 0.25) is 0 Å². The van der Waals surface area contributed by atoms with Crippen molar-refractivity contribution in [3.05, 3.63) is 169 Å². The lowest BCUT2D eigenvalue weighted by atomic mass is 9.99. The first-order valence-corrected chi connectivity index (χ1v) is 13.8. The van der Waals surface area contributed by atoms with E-state index < -0.39 is 96.3 Å². The molecule has 0 amide bonds. The van der Waals surface area contributed by atoms with Crippen LogP contribution >= 0.6 is 0 Å². The fourth-order valence-electron chi connectivity index (χ4n) is 5.82. The molecular weight excluding hydrogens is 532 g/mol. The standard InChI is InChI=1S/C42H28N2/c1-2-12-29(13-3-1)30-14-10-15-31(26-30)32-16-11-17-33(27-32)43-41-23-9-6-20-37(41)38-28-34(24-25-42(38)43)44-39-21-7-4-18-35(39)36-19-5-8-22-40(36)44/h1-28H/i1D,2D,3D,6D,9D,11D,12D,13D,16D,17D,20D,23D,24D,25D,27D,28D. The number of benzene rings is 7. The summed E-state index contributed by atoms with van der Waals surface area (Å²) in [5.41, 5.74) is -0.00500. The van der Waals surface area contributed by atoms with Crippen LogP contribution in [-0.2, 0) is 0 Å². The van der Waals surface area contributed by atoms with Crippen LogP contribution in [0.3, 0.4) is 0 Å². The third-order valence-corrected chi connectivity index (χ3v) is 7.72. The molecule has 0 radical (unpaired) electrons. The highest BCUT2D eigenvalue weighted by atomic mass is 15.0. The number of aromatic nitrogens is 2. The number of fused-ring (bicyclic) bond motifs is 6. The molecule has 0 saturated carbocycles. The van der Waals surface area contributed by atoms with Gasteiger partial charge in [0.1, 0.15) is 0 Å². The number of hydrogen-bond acceptors (Lipinski definition) is 0. The summed E-state index contributed by atoms with van der Waals surface area (Å²) >= 11 is 0. The molecule has 0 aliphatic rings. The molecule has 2 nitrogen and oxygen atoms in total. The average molecular weight is 577 g/mol. The average Bonchev–Trinajstić information content (AvgIpc) is 3.76. The Morgan fingerprint density at radius 2 is 0.977 bits per heavy atom. The first-order valence-electron chi connectivity index (χ1n) is 21.8. The van der Waals surface area contributed by atoms with Crippen LogP contribution in [0.5, 0.6) is 0 Å². The van der Waals surface area contributed by atoms with Crippen molar-refractivity contribution in [2.75, 3.05) is 0 Å². The fraction of sp³-hybridized carbons (Fsp3) is 0. The van der Waals surface area contributed by atoms with Crippen molar-refractivity contribution >= 4 is 43.6 Å². The van der Waals surface area contributed by atoms with E-state index in [4.69, 9.17) is 15.1 Å². The Labute approximate surface area is 278 Å². The highest BCUT2D eigenvalue weighted by molar-refractivity contribution is 6.12. The molecule has 0 N–H and O–H groups in total. The largest absolute Gasteiger partial charge is 0.309 e. The highest BCUT2D eigenvalue weighted by Gasteiger charge is 2.16. The van der Waals surface area contributed by atoms with Gasteiger partial charge in [-0.2, -0.15) is 0 Å². The predicted octanol–water partition coefficient (Wildman–Crippen LogP) is 11.2. The van der Waals surface area contributed by atoms with E-state index in [1.54, 1.807) is 16.7 Å². The maximum atomic E-state index is 9.78.